The first-order valence-corrected chi connectivity index (χ1v) is 2.97. The van der Waals surface area contributed by atoms with E-state index in [9.17, 15) is 0 Å². The van der Waals surface area contributed by atoms with Crippen molar-refractivity contribution in [2.45, 2.75) is 6.61 Å². The Morgan fingerprint density at radius 2 is 2.33 bits per heavy atom. The van der Waals surface area contributed by atoms with Gasteiger partial charge in [-0.15, -0.1) is 0 Å². The SMILES string of the molecule is OCc1c[c]cc(Cl)c1. The first-order chi connectivity index (χ1) is 4.33. The molecule has 0 aliphatic carbocycles. The Kier molecular flexibility index (Phi) is 2.09. The van der Waals surface area contributed by atoms with E-state index in [1.807, 2.05) is 0 Å². The summed E-state index contributed by atoms with van der Waals surface area (Å²) in [7, 11) is 0. The summed E-state index contributed by atoms with van der Waals surface area (Å²) in [5, 5.41) is 9.20. The van der Waals surface area contributed by atoms with Gasteiger partial charge in [-0.25, -0.2) is 0 Å². The smallest absolute Gasteiger partial charge is 0.0682 e. The Hall–Kier alpha value is -0.530. The van der Waals surface area contributed by atoms with E-state index in [2.05, 4.69) is 6.07 Å². The number of aliphatic hydroxyl groups excluding tert-OH is 1. The number of halogens is 1. The third kappa shape index (κ3) is 1.70. The molecule has 0 aromatic heterocycles. The fourth-order valence-corrected chi connectivity index (χ4v) is 0.783. The predicted molar refractivity (Wildman–Crippen MR) is 36.2 cm³/mol. The average molecular weight is 142 g/mol. The topological polar surface area (TPSA) is 20.2 Å². The molecule has 0 saturated heterocycles. The van der Waals surface area contributed by atoms with Crippen LogP contribution >= 0.6 is 11.6 Å². The molecule has 1 nitrogen and oxygen atoms in total. The Labute approximate surface area is 58.9 Å². The molecule has 1 aromatic carbocycles. The summed E-state index contributed by atoms with van der Waals surface area (Å²) in [6, 6.07) is 7.85. The quantitative estimate of drug-likeness (QED) is 0.631. The van der Waals surface area contributed by atoms with Crippen LogP contribution < -0.4 is 0 Å². The van der Waals surface area contributed by atoms with Crippen LogP contribution in [-0.4, -0.2) is 5.11 Å². The van der Waals surface area contributed by atoms with Crippen LogP contribution in [0.3, 0.4) is 0 Å². The van der Waals surface area contributed by atoms with E-state index in [4.69, 9.17) is 16.7 Å². The number of aliphatic hydroxyl groups is 1. The maximum atomic E-state index is 8.58. The fraction of sp³-hybridized carbons (Fsp3) is 0.143. The van der Waals surface area contributed by atoms with Gasteiger partial charge in [0.05, 0.1) is 6.61 Å². The van der Waals surface area contributed by atoms with Gasteiger partial charge in [0.1, 0.15) is 0 Å². The van der Waals surface area contributed by atoms with Crippen LogP contribution in [0.4, 0.5) is 0 Å². The molecule has 0 spiro atoms. The van der Waals surface area contributed by atoms with E-state index in [1.54, 1.807) is 18.2 Å². The van der Waals surface area contributed by atoms with Crippen LogP contribution in [0.25, 0.3) is 0 Å². The Balaban J connectivity index is 2.94. The zero-order valence-corrected chi connectivity index (χ0v) is 5.52. The largest absolute Gasteiger partial charge is 0.392 e. The molecule has 0 saturated carbocycles. The molecule has 0 fully saturated rings. The van der Waals surface area contributed by atoms with Crippen molar-refractivity contribution in [2.24, 2.45) is 0 Å². The van der Waals surface area contributed by atoms with Gasteiger partial charge < -0.3 is 5.11 Å². The van der Waals surface area contributed by atoms with Gasteiger partial charge in [0.25, 0.3) is 0 Å². The highest BCUT2D eigenvalue weighted by molar-refractivity contribution is 6.30. The summed E-state index contributed by atoms with van der Waals surface area (Å²) >= 11 is 5.58. The minimum absolute atomic E-state index is 0.0249. The molecule has 47 valence electrons. The van der Waals surface area contributed by atoms with E-state index in [0.29, 0.717) is 5.02 Å². The molecule has 0 unspecified atom stereocenters. The molecule has 0 heterocycles. The summed E-state index contributed by atoms with van der Waals surface area (Å²) in [4.78, 5) is 0. The van der Waals surface area contributed by atoms with Gasteiger partial charge in [-0.3, -0.25) is 0 Å². The van der Waals surface area contributed by atoms with Crippen molar-refractivity contribution in [3.05, 3.63) is 34.9 Å². The number of benzene rings is 1. The molecule has 0 amide bonds. The molecule has 9 heavy (non-hydrogen) atoms. The third-order valence-electron chi connectivity index (χ3n) is 0.996. The molecule has 1 aromatic rings. The second-order valence-electron chi connectivity index (χ2n) is 1.72. The molecule has 2 heteroatoms. The van der Waals surface area contributed by atoms with Gasteiger partial charge in [0, 0.05) is 5.02 Å². The van der Waals surface area contributed by atoms with Crippen LogP contribution in [0.1, 0.15) is 5.56 Å². The number of hydrogen-bond acceptors (Lipinski definition) is 1. The van der Waals surface area contributed by atoms with Crippen LogP contribution in [-0.2, 0) is 6.61 Å². The predicted octanol–water partition coefficient (Wildman–Crippen LogP) is 1.63. The Morgan fingerprint density at radius 3 is 2.78 bits per heavy atom. The molecule has 1 N–H and O–H groups in total. The van der Waals surface area contributed by atoms with Crippen molar-refractivity contribution in [1.82, 2.24) is 0 Å². The minimum atomic E-state index is 0.0249. The Bertz CT molecular complexity index is 198. The normalized spacial score (nSPS) is 9.56. The van der Waals surface area contributed by atoms with Gasteiger partial charge >= 0.3 is 0 Å². The second kappa shape index (κ2) is 2.85. The maximum Gasteiger partial charge on any atom is 0.0682 e. The lowest BCUT2D eigenvalue weighted by molar-refractivity contribution is 0.282. The van der Waals surface area contributed by atoms with Gasteiger partial charge in [-0.2, -0.15) is 0 Å². The lowest BCUT2D eigenvalue weighted by atomic mass is 10.2. The second-order valence-corrected chi connectivity index (χ2v) is 2.15. The molecule has 0 atom stereocenters. The van der Waals surface area contributed by atoms with Crippen LogP contribution in [0.2, 0.25) is 5.02 Å². The molecular weight excluding hydrogens is 136 g/mol. The minimum Gasteiger partial charge on any atom is -0.392 e. The van der Waals surface area contributed by atoms with E-state index in [1.165, 1.54) is 0 Å². The van der Waals surface area contributed by atoms with Crippen molar-refractivity contribution in [3.8, 4) is 0 Å². The van der Waals surface area contributed by atoms with Crippen molar-refractivity contribution in [3.63, 3.8) is 0 Å². The average Bonchev–Trinajstić information content (AvgIpc) is 1.88. The van der Waals surface area contributed by atoms with Crippen LogP contribution in [0, 0.1) is 6.07 Å². The lowest BCUT2D eigenvalue weighted by Crippen LogP contribution is -1.79. The van der Waals surface area contributed by atoms with Crippen molar-refractivity contribution < 1.29 is 5.11 Å². The maximum absolute atomic E-state index is 8.58. The number of rotatable bonds is 1. The lowest BCUT2D eigenvalue weighted by Gasteiger charge is -1.92. The monoisotopic (exact) mass is 141 g/mol. The first-order valence-electron chi connectivity index (χ1n) is 2.59. The molecule has 0 aliphatic heterocycles. The standard InChI is InChI=1S/C7H6ClO/c8-7-3-1-2-6(4-7)5-9/h2-4,9H,5H2. The molecule has 1 radical (unpaired) electrons. The summed E-state index contributed by atoms with van der Waals surface area (Å²) in [5.74, 6) is 0. The summed E-state index contributed by atoms with van der Waals surface area (Å²) in [6.45, 7) is 0.0249. The van der Waals surface area contributed by atoms with Gasteiger partial charge in [0.2, 0.25) is 0 Å². The van der Waals surface area contributed by atoms with Crippen molar-refractivity contribution >= 4 is 11.6 Å². The fourth-order valence-electron chi connectivity index (χ4n) is 0.580. The summed E-state index contributed by atoms with van der Waals surface area (Å²) < 4.78 is 0. The molecule has 0 bridgehead atoms. The highest BCUT2D eigenvalue weighted by Gasteiger charge is 1.88. The summed E-state index contributed by atoms with van der Waals surface area (Å²) in [5.41, 5.74) is 0.794. The van der Waals surface area contributed by atoms with Crippen molar-refractivity contribution in [1.29, 1.82) is 0 Å². The first kappa shape index (κ1) is 6.59. The van der Waals surface area contributed by atoms with Crippen LogP contribution in [0.15, 0.2) is 18.2 Å². The molecular formula is C7H6ClO. The Morgan fingerprint density at radius 1 is 1.56 bits per heavy atom. The van der Waals surface area contributed by atoms with E-state index in [-0.39, 0.29) is 6.61 Å². The van der Waals surface area contributed by atoms with Gasteiger partial charge in [0.15, 0.2) is 0 Å². The number of hydrogen-bond donors (Lipinski definition) is 1. The zero-order chi connectivity index (χ0) is 6.69. The van der Waals surface area contributed by atoms with E-state index >= 15 is 0 Å². The van der Waals surface area contributed by atoms with Crippen LogP contribution in [0.5, 0.6) is 0 Å². The van der Waals surface area contributed by atoms with E-state index < -0.39 is 0 Å². The van der Waals surface area contributed by atoms with Gasteiger partial charge in [-0.05, 0) is 29.8 Å². The highest BCUT2D eigenvalue weighted by Crippen LogP contribution is 2.09. The van der Waals surface area contributed by atoms with Crippen molar-refractivity contribution in [2.75, 3.05) is 0 Å². The summed E-state index contributed by atoms with van der Waals surface area (Å²) in [6.07, 6.45) is 0. The highest BCUT2D eigenvalue weighted by atomic mass is 35.5. The third-order valence-corrected chi connectivity index (χ3v) is 1.21. The molecule has 1 rings (SSSR count). The molecule has 0 aliphatic rings. The zero-order valence-electron chi connectivity index (χ0n) is 4.76. The van der Waals surface area contributed by atoms with E-state index in [0.717, 1.165) is 5.56 Å². The van der Waals surface area contributed by atoms with Gasteiger partial charge in [-0.1, -0.05) is 11.6 Å².